The van der Waals surface area contributed by atoms with Crippen molar-refractivity contribution in [2.75, 3.05) is 13.2 Å². The molecule has 2 heteroatoms. The van der Waals surface area contributed by atoms with Crippen molar-refractivity contribution in [1.29, 1.82) is 0 Å². The Hall–Kier alpha value is -0.0800. The van der Waals surface area contributed by atoms with E-state index in [9.17, 15) is 0 Å². The van der Waals surface area contributed by atoms with E-state index in [4.69, 9.17) is 9.47 Å². The van der Waals surface area contributed by atoms with Crippen molar-refractivity contribution in [3.05, 3.63) is 0 Å². The van der Waals surface area contributed by atoms with E-state index in [-0.39, 0.29) is 5.79 Å². The summed E-state index contributed by atoms with van der Waals surface area (Å²) in [5, 5.41) is 0. The van der Waals surface area contributed by atoms with Gasteiger partial charge in [0, 0.05) is 19.6 Å². The molecule has 0 aliphatic heterocycles. The Morgan fingerprint density at radius 1 is 0.706 bits per heavy atom. The van der Waals surface area contributed by atoms with Crippen molar-refractivity contribution < 1.29 is 9.47 Å². The molecular weight excluding hydrogens is 212 g/mol. The Labute approximate surface area is 108 Å². The highest BCUT2D eigenvalue weighted by atomic mass is 16.7. The van der Waals surface area contributed by atoms with E-state index < -0.39 is 0 Å². The lowest BCUT2D eigenvalue weighted by molar-refractivity contribution is -0.239. The Bertz CT molecular complexity index is 151. The van der Waals surface area contributed by atoms with Gasteiger partial charge in [0.1, 0.15) is 0 Å². The first kappa shape index (κ1) is 16.9. The summed E-state index contributed by atoms with van der Waals surface area (Å²) in [7, 11) is 0. The summed E-state index contributed by atoms with van der Waals surface area (Å²) >= 11 is 0. The highest BCUT2D eigenvalue weighted by Crippen LogP contribution is 2.25. The molecule has 0 radical (unpaired) electrons. The molecule has 0 aliphatic carbocycles. The summed E-state index contributed by atoms with van der Waals surface area (Å²) in [4.78, 5) is 0. The maximum absolute atomic E-state index is 5.82. The van der Waals surface area contributed by atoms with Gasteiger partial charge in [-0.3, -0.25) is 0 Å². The monoisotopic (exact) mass is 244 g/mol. The zero-order valence-electron chi connectivity index (χ0n) is 12.4. The summed E-state index contributed by atoms with van der Waals surface area (Å²) in [6, 6.07) is 0. The Kier molecular flexibility index (Phi) is 11.0. The van der Waals surface area contributed by atoms with Crippen molar-refractivity contribution >= 4 is 0 Å². The van der Waals surface area contributed by atoms with Gasteiger partial charge in [0.2, 0.25) is 0 Å². The third-order valence-corrected chi connectivity index (χ3v) is 3.26. The summed E-state index contributed by atoms with van der Waals surface area (Å²) < 4.78 is 11.6. The molecule has 0 amide bonds. The average molecular weight is 244 g/mol. The topological polar surface area (TPSA) is 18.5 Å². The van der Waals surface area contributed by atoms with Crippen LogP contribution in [0, 0.1) is 0 Å². The molecule has 0 aromatic heterocycles. The molecule has 104 valence electrons. The second-order valence-electron chi connectivity index (χ2n) is 4.65. The molecule has 0 N–H and O–H groups in total. The van der Waals surface area contributed by atoms with Crippen molar-refractivity contribution in [3.8, 4) is 0 Å². The normalized spacial score (nSPS) is 12.0. The molecule has 0 spiro atoms. The number of rotatable bonds is 12. The second-order valence-corrected chi connectivity index (χ2v) is 4.65. The van der Waals surface area contributed by atoms with E-state index in [1.807, 2.05) is 13.8 Å². The quantitative estimate of drug-likeness (QED) is 0.358. The molecule has 2 nitrogen and oxygen atoms in total. The van der Waals surface area contributed by atoms with Crippen molar-refractivity contribution in [2.24, 2.45) is 0 Å². The zero-order chi connectivity index (χ0) is 13.0. The van der Waals surface area contributed by atoms with Gasteiger partial charge in [-0.15, -0.1) is 0 Å². The van der Waals surface area contributed by atoms with E-state index in [0.717, 1.165) is 26.1 Å². The van der Waals surface area contributed by atoms with Gasteiger partial charge in [0.15, 0.2) is 5.79 Å². The number of hydrogen-bond acceptors (Lipinski definition) is 2. The van der Waals surface area contributed by atoms with E-state index >= 15 is 0 Å². The van der Waals surface area contributed by atoms with Crippen LogP contribution in [-0.4, -0.2) is 19.0 Å². The molecule has 0 saturated carbocycles. The van der Waals surface area contributed by atoms with Crippen LogP contribution in [0.25, 0.3) is 0 Å². The highest BCUT2D eigenvalue weighted by molar-refractivity contribution is 4.68. The van der Waals surface area contributed by atoms with Crippen molar-refractivity contribution in [2.45, 2.75) is 84.8 Å². The van der Waals surface area contributed by atoms with Crippen LogP contribution in [0.4, 0.5) is 0 Å². The van der Waals surface area contributed by atoms with Gasteiger partial charge < -0.3 is 9.47 Å². The molecule has 0 rings (SSSR count). The Morgan fingerprint density at radius 3 is 1.71 bits per heavy atom. The fraction of sp³-hybridized carbons (Fsp3) is 1.00. The van der Waals surface area contributed by atoms with Gasteiger partial charge in [-0.05, 0) is 26.7 Å². The first-order valence-electron chi connectivity index (χ1n) is 7.52. The van der Waals surface area contributed by atoms with E-state index in [1.165, 1.54) is 38.5 Å². The fourth-order valence-corrected chi connectivity index (χ4v) is 2.27. The van der Waals surface area contributed by atoms with Crippen LogP contribution in [0.15, 0.2) is 0 Å². The number of ether oxygens (including phenoxy) is 2. The first-order valence-corrected chi connectivity index (χ1v) is 7.52. The summed E-state index contributed by atoms with van der Waals surface area (Å²) in [6.45, 7) is 9.98. The average Bonchev–Trinajstić information content (AvgIpc) is 2.34. The van der Waals surface area contributed by atoms with Crippen LogP contribution in [0.3, 0.4) is 0 Å². The highest BCUT2D eigenvalue weighted by Gasteiger charge is 2.28. The zero-order valence-corrected chi connectivity index (χ0v) is 12.4. The molecule has 0 aromatic rings. The maximum atomic E-state index is 5.82. The maximum Gasteiger partial charge on any atom is 0.167 e. The summed E-state index contributed by atoms with van der Waals surface area (Å²) in [6.07, 6.45) is 9.93. The molecule has 0 unspecified atom stereocenters. The molecule has 0 bridgehead atoms. The van der Waals surface area contributed by atoms with Gasteiger partial charge in [0.05, 0.1) is 0 Å². The van der Waals surface area contributed by atoms with Crippen molar-refractivity contribution in [1.82, 2.24) is 0 Å². The number of unbranched alkanes of at least 4 members (excludes halogenated alkanes) is 5. The predicted molar refractivity (Wildman–Crippen MR) is 74.3 cm³/mol. The van der Waals surface area contributed by atoms with Crippen LogP contribution >= 0.6 is 0 Å². The lowest BCUT2D eigenvalue weighted by Gasteiger charge is -2.32. The SMILES string of the molecule is CCCCCCCCC(CC)(OCC)OCC. The predicted octanol–water partition coefficient (Wildman–Crippen LogP) is 4.92. The molecular formula is C15H32O2. The van der Waals surface area contributed by atoms with Crippen LogP contribution < -0.4 is 0 Å². The smallest absolute Gasteiger partial charge is 0.167 e. The van der Waals surface area contributed by atoms with Crippen molar-refractivity contribution in [3.63, 3.8) is 0 Å². The van der Waals surface area contributed by atoms with E-state index in [0.29, 0.717) is 0 Å². The summed E-state index contributed by atoms with van der Waals surface area (Å²) in [5.74, 6) is -0.311. The van der Waals surface area contributed by atoms with E-state index in [2.05, 4.69) is 13.8 Å². The third kappa shape index (κ3) is 7.77. The molecule has 0 heterocycles. The summed E-state index contributed by atoms with van der Waals surface area (Å²) in [5.41, 5.74) is 0. The lowest BCUT2D eigenvalue weighted by atomic mass is 10.0. The minimum Gasteiger partial charge on any atom is -0.350 e. The van der Waals surface area contributed by atoms with Crippen LogP contribution in [0.2, 0.25) is 0 Å². The molecule has 0 aromatic carbocycles. The van der Waals surface area contributed by atoms with Gasteiger partial charge in [-0.2, -0.15) is 0 Å². The first-order chi connectivity index (χ1) is 8.24. The Balaban J connectivity index is 3.82. The standard InChI is InChI=1S/C15H32O2/c1-5-9-10-11-12-13-14-15(6-2,16-7-3)17-8-4/h5-14H2,1-4H3. The fourth-order valence-electron chi connectivity index (χ4n) is 2.27. The molecule has 0 saturated heterocycles. The third-order valence-electron chi connectivity index (χ3n) is 3.26. The Morgan fingerprint density at radius 2 is 1.24 bits per heavy atom. The second kappa shape index (κ2) is 11.0. The largest absolute Gasteiger partial charge is 0.350 e. The van der Waals surface area contributed by atoms with Crippen LogP contribution in [0.5, 0.6) is 0 Å². The van der Waals surface area contributed by atoms with Gasteiger partial charge in [-0.1, -0.05) is 46.0 Å². The van der Waals surface area contributed by atoms with Gasteiger partial charge in [0.25, 0.3) is 0 Å². The molecule has 17 heavy (non-hydrogen) atoms. The minimum atomic E-state index is -0.311. The van der Waals surface area contributed by atoms with Gasteiger partial charge in [-0.25, -0.2) is 0 Å². The number of hydrogen-bond donors (Lipinski definition) is 0. The van der Waals surface area contributed by atoms with Crippen LogP contribution in [-0.2, 0) is 9.47 Å². The van der Waals surface area contributed by atoms with Gasteiger partial charge >= 0.3 is 0 Å². The minimum absolute atomic E-state index is 0.311. The molecule has 0 aliphatic rings. The molecule has 0 fully saturated rings. The van der Waals surface area contributed by atoms with E-state index in [1.54, 1.807) is 0 Å². The molecule has 0 atom stereocenters. The van der Waals surface area contributed by atoms with Crippen LogP contribution in [0.1, 0.15) is 79.1 Å². The lowest BCUT2D eigenvalue weighted by Crippen LogP contribution is -2.35.